The summed E-state index contributed by atoms with van der Waals surface area (Å²) in [6.07, 6.45) is 9.20. The van der Waals surface area contributed by atoms with Crippen LogP contribution in [-0.2, 0) is 0 Å². The SMILES string of the molecule is Ic1ccccc1Nc1nccn1C1CCCC1. The second-order valence-corrected chi connectivity index (χ2v) is 5.86. The highest BCUT2D eigenvalue weighted by Crippen LogP contribution is 2.32. The Morgan fingerprint density at radius 3 is 2.78 bits per heavy atom. The first-order valence-electron chi connectivity index (χ1n) is 6.39. The van der Waals surface area contributed by atoms with E-state index in [1.54, 1.807) is 0 Å². The molecule has 1 aliphatic rings. The molecule has 1 heterocycles. The molecule has 0 saturated heterocycles. The summed E-state index contributed by atoms with van der Waals surface area (Å²) in [4.78, 5) is 4.45. The van der Waals surface area contributed by atoms with Crippen LogP contribution in [0.15, 0.2) is 36.7 Å². The Labute approximate surface area is 121 Å². The Balaban J connectivity index is 1.85. The lowest BCUT2D eigenvalue weighted by Crippen LogP contribution is -2.08. The predicted octanol–water partition coefficient (Wildman–Crippen LogP) is 4.35. The van der Waals surface area contributed by atoms with Crippen molar-refractivity contribution in [3.63, 3.8) is 0 Å². The van der Waals surface area contributed by atoms with Crippen molar-refractivity contribution in [2.45, 2.75) is 31.7 Å². The van der Waals surface area contributed by atoms with Gasteiger partial charge >= 0.3 is 0 Å². The molecule has 1 aliphatic carbocycles. The van der Waals surface area contributed by atoms with E-state index < -0.39 is 0 Å². The number of para-hydroxylation sites is 1. The number of anilines is 2. The number of benzene rings is 1. The molecule has 1 fully saturated rings. The molecular weight excluding hydrogens is 337 g/mol. The van der Waals surface area contributed by atoms with Gasteiger partial charge in [-0.3, -0.25) is 0 Å². The largest absolute Gasteiger partial charge is 0.325 e. The number of imidazole rings is 1. The van der Waals surface area contributed by atoms with E-state index in [0.717, 1.165) is 11.6 Å². The standard InChI is InChI=1S/C14H16IN3/c15-12-7-3-4-8-13(12)17-14-16-9-10-18(14)11-5-1-2-6-11/h3-4,7-11H,1-2,5-6H2,(H,16,17). The van der Waals surface area contributed by atoms with Crippen LogP contribution in [0.2, 0.25) is 0 Å². The second-order valence-electron chi connectivity index (χ2n) is 4.70. The number of nitrogens with zero attached hydrogens (tertiary/aromatic N) is 2. The summed E-state index contributed by atoms with van der Waals surface area (Å²) in [6, 6.07) is 8.92. The molecule has 4 heteroatoms. The number of aromatic nitrogens is 2. The summed E-state index contributed by atoms with van der Waals surface area (Å²) >= 11 is 2.35. The molecule has 1 saturated carbocycles. The van der Waals surface area contributed by atoms with Gasteiger partial charge in [-0.15, -0.1) is 0 Å². The van der Waals surface area contributed by atoms with Gasteiger partial charge in [0, 0.05) is 22.0 Å². The highest BCUT2D eigenvalue weighted by molar-refractivity contribution is 14.1. The summed E-state index contributed by atoms with van der Waals surface area (Å²) in [5.74, 6) is 0.964. The molecule has 0 amide bonds. The zero-order valence-electron chi connectivity index (χ0n) is 10.1. The van der Waals surface area contributed by atoms with Gasteiger partial charge in [0.05, 0.1) is 5.69 Å². The van der Waals surface area contributed by atoms with Gasteiger partial charge in [-0.2, -0.15) is 0 Å². The molecule has 3 nitrogen and oxygen atoms in total. The maximum Gasteiger partial charge on any atom is 0.207 e. The van der Waals surface area contributed by atoms with Crippen molar-refractivity contribution in [3.05, 3.63) is 40.2 Å². The fraction of sp³-hybridized carbons (Fsp3) is 0.357. The maximum atomic E-state index is 4.45. The van der Waals surface area contributed by atoms with Gasteiger partial charge in [0.2, 0.25) is 5.95 Å². The average Bonchev–Trinajstić information content (AvgIpc) is 3.02. The van der Waals surface area contributed by atoms with Gasteiger partial charge in [-0.1, -0.05) is 25.0 Å². The van der Waals surface area contributed by atoms with Gasteiger partial charge in [0.1, 0.15) is 0 Å². The zero-order chi connectivity index (χ0) is 12.4. The minimum Gasteiger partial charge on any atom is -0.325 e. The maximum absolute atomic E-state index is 4.45. The zero-order valence-corrected chi connectivity index (χ0v) is 12.3. The third-order valence-corrected chi connectivity index (χ3v) is 4.45. The second kappa shape index (κ2) is 5.30. The van der Waals surface area contributed by atoms with E-state index in [1.807, 2.05) is 12.3 Å². The van der Waals surface area contributed by atoms with Gasteiger partial charge in [0.15, 0.2) is 0 Å². The lowest BCUT2D eigenvalue weighted by Gasteiger charge is -2.16. The van der Waals surface area contributed by atoms with E-state index in [2.05, 4.69) is 61.9 Å². The first-order chi connectivity index (χ1) is 8.84. The number of nitrogens with one attached hydrogen (secondary N) is 1. The molecule has 1 aromatic heterocycles. The Kier molecular flexibility index (Phi) is 3.54. The van der Waals surface area contributed by atoms with Crippen molar-refractivity contribution in [1.82, 2.24) is 9.55 Å². The van der Waals surface area contributed by atoms with Crippen molar-refractivity contribution in [2.24, 2.45) is 0 Å². The molecule has 94 valence electrons. The van der Waals surface area contributed by atoms with Gasteiger partial charge in [-0.05, 0) is 47.6 Å². The van der Waals surface area contributed by atoms with E-state index in [0.29, 0.717) is 6.04 Å². The molecule has 1 N–H and O–H groups in total. The van der Waals surface area contributed by atoms with Crippen LogP contribution in [0, 0.1) is 3.57 Å². The molecule has 0 spiro atoms. The van der Waals surface area contributed by atoms with Crippen LogP contribution < -0.4 is 5.32 Å². The van der Waals surface area contributed by atoms with E-state index >= 15 is 0 Å². The van der Waals surface area contributed by atoms with Gasteiger partial charge in [0.25, 0.3) is 0 Å². The molecule has 0 aliphatic heterocycles. The van der Waals surface area contributed by atoms with Crippen molar-refractivity contribution in [2.75, 3.05) is 5.32 Å². The Hall–Kier alpha value is -1.04. The topological polar surface area (TPSA) is 29.9 Å². The van der Waals surface area contributed by atoms with Crippen LogP contribution in [-0.4, -0.2) is 9.55 Å². The summed E-state index contributed by atoms with van der Waals surface area (Å²) in [5, 5.41) is 3.44. The summed E-state index contributed by atoms with van der Waals surface area (Å²) in [7, 11) is 0. The molecule has 2 aromatic rings. The molecule has 0 atom stereocenters. The lowest BCUT2D eigenvalue weighted by molar-refractivity contribution is 0.525. The molecule has 3 rings (SSSR count). The van der Waals surface area contributed by atoms with Crippen LogP contribution in [0.3, 0.4) is 0 Å². The molecule has 0 bridgehead atoms. The minimum absolute atomic E-state index is 0.622. The molecule has 0 unspecified atom stereocenters. The van der Waals surface area contributed by atoms with Gasteiger partial charge in [-0.25, -0.2) is 4.98 Å². The summed E-state index contributed by atoms with van der Waals surface area (Å²) in [5.41, 5.74) is 1.13. The highest BCUT2D eigenvalue weighted by Gasteiger charge is 2.19. The van der Waals surface area contributed by atoms with E-state index in [1.165, 1.54) is 29.3 Å². The average molecular weight is 353 g/mol. The molecule has 18 heavy (non-hydrogen) atoms. The number of halogens is 1. The third kappa shape index (κ3) is 2.39. The summed E-state index contributed by atoms with van der Waals surface area (Å²) in [6.45, 7) is 0. The fourth-order valence-corrected chi connectivity index (χ4v) is 3.09. The van der Waals surface area contributed by atoms with Crippen molar-refractivity contribution < 1.29 is 0 Å². The van der Waals surface area contributed by atoms with E-state index in [-0.39, 0.29) is 0 Å². The van der Waals surface area contributed by atoms with Crippen molar-refractivity contribution >= 4 is 34.2 Å². The fourth-order valence-electron chi connectivity index (χ4n) is 2.57. The van der Waals surface area contributed by atoms with Crippen LogP contribution in [0.4, 0.5) is 11.6 Å². The predicted molar refractivity (Wildman–Crippen MR) is 82.2 cm³/mol. The van der Waals surface area contributed by atoms with Crippen LogP contribution in [0.5, 0.6) is 0 Å². The minimum atomic E-state index is 0.622. The van der Waals surface area contributed by atoms with Crippen LogP contribution in [0.1, 0.15) is 31.7 Å². The molecule has 1 aromatic carbocycles. The van der Waals surface area contributed by atoms with Crippen LogP contribution in [0.25, 0.3) is 0 Å². The van der Waals surface area contributed by atoms with E-state index in [9.17, 15) is 0 Å². The van der Waals surface area contributed by atoms with Crippen molar-refractivity contribution in [3.8, 4) is 0 Å². The Morgan fingerprint density at radius 2 is 2.00 bits per heavy atom. The van der Waals surface area contributed by atoms with Gasteiger partial charge < -0.3 is 9.88 Å². The third-order valence-electron chi connectivity index (χ3n) is 3.51. The first-order valence-corrected chi connectivity index (χ1v) is 7.47. The number of rotatable bonds is 3. The monoisotopic (exact) mass is 353 g/mol. The van der Waals surface area contributed by atoms with E-state index in [4.69, 9.17) is 0 Å². The molecule has 0 radical (unpaired) electrons. The molecular formula is C14H16IN3. The normalized spacial score (nSPS) is 16.1. The smallest absolute Gasteiger partial charge is 0.207 e. The summed E-state index contributed by atoms with van der Waals surface area (Å²) < 4.78 is 3.51. The van der Waals surface area contributed by atoms with Crippen LogP contribution >= 0.6 is 22.6 Å². The Morgan fingerprint density at radius 1 is 1.22 bits per heavy atom. The lowest BCUT2D eigenvalue weighted by atomic mass is 10.2. The van der Waals surface area contributed by atoms with Crippen molar-refractivity contribution in [1.29, 1.82) is 0 Å². The quantitative estimate of drug-likeness (QED) is 0.832. The number of hydrogen-bond acceptors (Lipinski definition) is 2. The number of hydrogen-bond donors (Lipinski definition) is 1. The highest BCUT2D eigenvalue weighted by atomic mass is 127. The first kappa shape index (κ1) is 12.0. The Bertz CT molecular complexity index is 529.